The van der Waals surface area contributed by atoms with E-state index in [0.29, 0.717) is 18.9 Å². The van der Waals surface area contributed by atoms with Gasteiger partial charge in [0.15, 0.2) is 0 Å². The van der Waals surface area contributed by atoms with E-state index in [4.69, 9.17) is 4.74 Å². The molecule has 1 aromatic carbocycles. The van der Waals surface area contributed by atoms with Gasteiger partial charge in [-0.1, -0.05) is 32.0 Å². The van der Waals surface area contributed by atoms with Crippen LogP contribution in [-0.2, 0) is 0 Å². The molecular formula is C15H18N2O2. The highest BCUT2D eigenvalue weighted by Gasteiger charge is 2.08. The second-order valence-corrected chi connectivity index (χ2v) is 4.65. The zero-order valence-corrected chi connectivity index (χ0v) is 11.2. The van der Waals surface area contributed by atoms with Gasteiger partial charge in [-0.25, -0.2) is 4.98 Å². The van der Waals surface area contributed by atoms with E-state index in [-0.39, 0.29) is 5.91 Å². The molecule has 4 nitrogen and oxygen atoms in total. The second kappa shape index (κ2) is 6.18. The van der Waals surface area contributed by atoms with Crippen molar-refractivity contribution in [2.45, 2.75) is 26.2 Å². The highest BCUT2D eigenvalue weighted by molar-refractivity contribution is 5.78. The minimum atomic E-state index is -0.0143. The Morgan fingerprint density at radius 3 is 2.84 bits per heavy atom. The average Bonchev–Trinajstić information content (AvgIpc) is 2.93. The van der Waals surface area contributed by atoms with Crippen molar-refractivity contribution in [2.75, 3.05) is 6.61 Å². The SMILES string of the molecule is CC(C)c1ccccc1OCCC(=O)n1ccnc1. The molecule has 0 fully saturated rings. The highest BCUT2D eigenvalue weighted by Crippen LogP contribution is 2.25. The number of aromatic nitrogens is 2. The lowest BCUT2D eigenvalue weighted by molar-refractivity contribution is 0.0880. The quantitative estimate of drug-likeness (QED) is 0.827. The summed E-state index contributed by atoms with van der Waals surface area (Å²) in [6.07, 6.45) is 5.07. The molecule has 2 aromatic rings. The van der Waals surface area contributed by atoms with Crippen LogP contribution in [0.3, 0.4) is 0 Å². The summed E-state index contributed by atoms with van der Waals surface area (Å²) in [5.41, 5.74) is 1.16. The van der Waals surface area contributed by atoms with Crippen molar-refractivity contribution in [3.05, 3.63) is 48.5 Å². The molecule has 0 aliphatic heterocycles. The summed E-state index contributed by atoms with van der Waals surface area (Å²) in [4.78, 5) is 15.6. The van der Waals surface area contributed by atoms with Gasteiger partial charge in [0.1, 0.15) is 12.1 Å². The maximum atomic E-state index is 11.8. The Morgan fingerprint density at radius 2 is 2.16 bits per heavy atom. The van der Waals surface area contributed by atoms with Crippen LogP contribution >= 0.6 is 0 Å². The number of carbonyl (C=O) groups excluding carboxylic acids is 1. The minimum absolute atomic E-state index is 0.0143. The van der Waals surface area contributed by atoms with Crippen LogP contribution in [0, 0.1) is 0 Å². The molecule has 1 heterocycles. The molecule has 0 aliphatic carbocycles. The fraction of sp³-hybridized carbons (Fsp3) is 0.333. The molecule has 0 unspecified atom stereocenters. The fourth-order valence-electron chi connectivity index (χ4n) is 1.87. The first kappa shape index (κ1) is 13.3. The molecule has 0 bridgehead atoms. The monoisotopic (exact) mass is 258 g/mol. The summed E-state index contributed by atoms with van der Waals surface area (Å²) >= 11 is 0. The fourth-order valence-corrected chi connectivity index (χ4v) is 1.87. The van der Waals surface area contributed by atoms with Crippen LogP contribution in [0.25, 0.3) is 0 Å². The smallest absolute Gasteiger partial charge is 0.235 e. The molecule has 0 saturated carbocycles. The van der Waals surface area contributed by atoms with E-state index in [0.717, 1.165) is 11.3 Å². The normalized spacial score (nSPS) is 10.7. The first-order valence-corrected chi connectivity index (χ1v) is 6.41. The molecule has 100 valence electrons. The van der Waals surface area contributed by atoms with Gasteiger partial charge in [0.2, 0.25) is 5.91 Å². The highest BCUT2D eigenvalue weighted by atomic mass is 16.5. The van der Waals surface area contributed by atoms with Crippen molar-refractivity contribution >= 4 is 5.91 Å². The van der Waals surface area contributed by atoms with Crippen LogP contribution < -0.4 is 4.74 Å². The first-order chi connectivity index (χ1) is 9.18. The summed E-state index contributed by atoms with van der Waals surface area (Å²) in [6.45, 7) is 4.62. The third kappa shape index (κ3) is 3.44. The van der Waals surface area contributed by atoms with Gasteiger partial charge in [0.05, 0.1) is 13.0 Å². The largest absolute Gasteiger partial charge is 0.493 e. The Bertz CT molecular complexity index is 533. The van der Waals surface area contributed by atoms with Crippen LogP contribution in [0.5, 0.6) is 5.75 Å². The Morgan fingerprint density at radius 1 is 1.37 bits per heavy atom. The number of imidazole rings is 1. The molecule has 1 aromatic heterocycles. The lowest BCUT2D eigenvalue weighted by Crippen LogP contribution is -2.13. The van der Waals surface area contributed by atoms with Crippen molar-refractivity contribution < 1.29 is 9.53 Å². The lowest BCUT2D eigenvalue weighted by Gasteiger charge is -2.13. The number of hydrogen-bond donors (Lipinski definition) is 0. The Balaban J connectivity index is 1.91. The molecule has 0 aliphatic rings. The number of ether oxygens (including phenoxy) is 1. The molecule has 0 spiro atoms. The number of hydrogen-bond acceptors (Lipinski definition) is 3. The van der Waals surface area contributed by atoms with Gasteiger partial charge in [0.25, 0.3) is 0 Å². The van der Waals surface area contributed by atoms with Crippen LogP contribution in [-0.4, -0.2) is 22.1 Å². The van der Waals surface area contributed by atoms with E-state index >= 15 is 0 Å². The van der Waals surface area contributed by atoms with Crippen LogP contribution in [0.15, 0.2) is 43.0 Å². The molecule has 4 heteroatoms. The minimum Gasteiger partial charge on any atom is -0.493 e. The second-order valence-electron chi connectivity index (χ2n) is 4.65. The number of para-hydroxylation sites is 1. The number of rotatable bonds is 5. The summed E-state index contributed by atoms with van der Waals surface area (Å²) in [5.74, 6) is 1.25. The molecule has 0 radical (unpaired) electrons. The number of benzene rings is 1. The number of nitrogens with zero attached hydrogens (tertiary/aromatic N) is 2. The van der Waals surface area contributed by atoms with Crippen LogP contribution in [0.4, 0.5) is 0 Å². The van der Waals surface area contributed by atoms with Gasteiger partial charge < -0.3 is 4.74 Å². The maximum Gasteiger partial charge on any atom is 0.235 e. The van der Waals surface area contributed by atoms with Gasteiger partial charge in [0, 0.05) is 12.4 Å². The third-order valence-electron chi connectivity index (χ3n) is 2.91. The lowest BCUT2D eigenvalue weighted by atomic mass is 10.0. The molecule has 0 saturated heterocycles. The first-order valence-electron chi connectivity index (χ1n) is 6.41. The Hall–Kier alpha value is -2.10. The zero-order valence-electron chi connectivity index (χ0n) is 11.2. The van der Waals surface area contributed by atoms with Crippen molar-refractivity contribution in [1.82, 2.24) is 9.55 Å². The molecular weight excluding hydrogens is 240 g/mol. The van der Waals surface area contributed by atoms with Crippen LogP contribution in [0.1, 0.15) is 36.5 Å². The van der Waals surface area contributed by atoms with Crippen molar-refractivity contribution in [3.8, 4) is 5.75 Å². The zero-order chi connectivity index (χ0) is 13.7. The van der Waals surface area contributed by atoms with Gasteiger partial charge in [-0.05, 0) is 17.5 Å². The van der Waals surface area contributed by atoms with Crippen molar-refractivity contribution in [3.63, 3.8) is 0 Å². The van der Waals surface area contributed by atoms with Gasteiger partial charge >= 0.3 is 0 Å². The summed E-state index contributed by atoms with van der Waals surface area (Å²) in [5, 5.41) is 0. The van der Waals surface area contributed by atoms with Crippen LogP contribution in [0.2, 0.25) is 0 Å². The molecule has 19 heavy (non-hydrogen) atoms. The summed E-state index contributed by atoms with van der Waals surface area (Å²) in [6, 6.07) is 7.94. The Kier molecular flexibility index (Phi) is 4.34. The Labute approximate surface area is 113 Å². The van der Waals surface area contributed by atoms with E-state index in [2.05, 4.69) is 24.9 Å². The number of carbonyl (C=O) groups is 1. The van der Waals surface area contributed by atoms with E-state index in [9.17, 15) is 4.79 Å². The summed E-state index contributed by atoms with van der Waals surface area (Å²) in [7, 11) is 0. The molecule has 0 amide bonds. The van der Waals surface area contributed by atoms with Gasteiger partial charge in [-0.3, -0.25) is 9.36 Å². The van der Waals surface area contributed by atoms with E-state index in [1.165, 1.54) is 10.9 Å². The molecule has 0 atom stereocenters. The van der Waals surface area contributed by atoms with Crippen molar-refractivity contribution in [1.29, 1.82) is 0 Å². The average molecular weight is 258 g/mol. The maximum absolute atomic E-state index is 11.8. The van der Waals surface area contributed by atoms with E-state index < -0.39 is 0 Å². The predicted molar refractivity (Wildman–Crippen MR) is 73.5 cm³/mol. The predicted octanol–water partition coefficient (Wildman–Crippen LogP) is 3.12. The molecule has 0 N–H and O–H groups in total. The van der Waals surface area contributed by atoms with Gasteiger partial charge in [-0.2, -0.15) is 0 Å². The van der Waals surface area contributed by atoms with E-state index in [1.54, 1.807) is 12.4 Å². The summed E-state index contributed by atoms with van der Waals surface area (Å²) < 4.78 is 7.18. The van der Waals surface area contributed by atoms with Crippen molar-refractivity contribution in [2.24, 2.45) is 0 Å². The molecule has 2 rings (SSSR count). The third-order valence-corrected chi connectivity index (χ3v) is 2.91. The van der Waals surface area contributed by atoms with Gasteiger partial charge in [-0.15, -0.1) is 0 Å². The topological polar surface area (TPSA) is 44.1 Å². The standard InChI is InChI=1S/C15H18N2O2/c1-12(2)13-5-3-4-6-14(13)19-10-7-15(18)17-9-8-16-11-17/h3-6,8-9,11-12H,7,10H2,1-2H3. The van der Waals surface area contributed by atoms with E-state index in [1.807, 2.05) is 18.2 Å².